The Morgan fingerprint density at radius 1 is 0.484 bits per heavy atom. The number of benzene rings is 5. The highest BCUT2D eigenvalue weighted by molar-refractivity contribution is 7.20. The number of thiophene rings is 1. The van der Waals surface area contributed by atoms with E-state index in [-0.39, 0.29) is 39.2 Å². The van der Waals surface area contributed by atoms with E-state index in [2.05, 4.69) is 221 Å². The molecule has 0 atom stereocenters. The van der Waals surface area contributed by atoms with Crippen molar-refractivity contribution in [2.75, 3.05) is 9.80 Å². The van der Waals surface area contributed by atoms with E-state index >= 15 is 0 Å². The third-order valence-electron chi connectivity index (χ3n) is 15.6. The van der Waals surface area contributed by atoms with Crippen LogP contribution in [0, 0.1) is 0 Å². The van der Waals surface area contributed by atoms with Crippen LogP contribution in [0.1, 0.15) is 155 Å². The van der Waals surface area contributed by atoms with Gasteiger partial charge in [0.05, 0.1) is 5.00 Å². The largest absolute Gasteiger partial charge is 0.311 e. The molecule has 2 aliphatic carbocycles. The quantitative estimate of drug-likeness (QED) is 0.164. The van der Waals surface area contributed by atoms with Crippen molar-refractivity contribution in [1.29, 1.82) is 0 Å². The average Bonchev–Trinajstić information content (AvgIpc) is 3.64. The van der Waals surface area contributed by atoms with Crippen molar-refractivity contribution in [3.8, 4) is 11.1 Å². The number of nitrogens with zero attached hydrogens (tertiary/aromatic N) is 2. The van der Waals surface area contributed by atoms with Crippen LogP contribution in [0.25, 0.3) is 11.1 Å². The summed E-state index contributed by atoms with van der Waals surface area (Å²) < 4.78 is 0. The predicted molar refractivity (Wildman–Crippen MR) is 272 cm³/mol. The van der Waals surface area contributed by atoms with Gasteiger partial charge in [-0.2, -0.15) is 0 Å². The molecule has 318 valence electrons. The molecule has 1 aromatic heterocycles. The van der Waals surface area contributed by atoms with E-state index in [1.165, 1.54) is 109 Å². The van der Waals surface area contributed by atoms with Crippen LogP contribution < -0.4 is 26.2 Å². The summed E-state index contributed by atoms with van der Waals surface area (Å²) >= 11 is 2.10. The zero-order valence-electron chi connectivity index (χ0n) is 40.0. The summed E-state index contributed by atoms with van der Waals surface area (Å²) in [6.07, 6.45) is 4.77. The van der Waals surface area contributed by atoms with Gasteiger partial charge in [-0.25, -0.2) is 0 Å². The molecule has 4 heteroatoms. The lowest BCUT2D eigenvalue weighted by Gasteiger charge is -2.46. The molecule has 0 saturated heterocycles. The third kappa shape index (κ3) is 6.31. The van der Waals surface area contributed by atoms with Gasteiger partial charge in [-0.05, 0) is 156 Å². The van der Waals surface area contributed by atoms with Crippen LogP contribution in [0.2, 0.25) is 0 Å². The van der Waals surface area contributed by atoms with Crippen LogP contribution in [0.3, 0.4) is 0 Å². The Morgan fingerprint density at radius 2 is 1.08 bits per heavy atom. The number of rotatable bonds is 3. The van der Waals surface area contributed by atoms with E-state index in [9.17, 15) is 0 Å². The Labute approximate surface area is 377 Å². The lowest BCUT2D eigenvalue weighted by Crippen LogP contribution is -2.62. The van der Waals surface area contributed by atoms with Gasteiger partial charge in [0.25, 0.3) is 6.71 Å². The van der Waals surface area contributed by atoms with E-state index in [0.29, 0.717) is 0 Å². The SMILES string of the molecule is CC(C)(C)c1cccc(N2c3cc(C(C)(C)C)ccc3B3c4c2cc(-c2ccccc2)cc4N(c2ccc4c(c2)C(C)(C)CCC4(C)C)c2sc4c(c23)C(C)(C)CCC4(C)C)c1. The fourth-order valence-corrected chi connectivity index (χ4v) is 13.2. The summed E-state index contributed by atoms with van der Waals surface area (Å²) in [7, 11) is 0. The van der Waals surface area contributed by atoms with Gasteiger partial charge in [-0.1, -0.05) is 158 Å². The van der Waals surface area contributed by atoms with Gasteiger partial charge in [0.15, 0.2) is 0 Å². The number of hydrogen-bond acceptors (Lipinski definition) is 3. The van der Waals surface area contributed by atoms with Gasteiger partial charge in [0, 0.05) is 33.3 Å². The number of hydrogen-bond donors (Lipinski definition) is 0. The molecule has 0 bridgehead atoms. The third-order valence-corrected chi connectivity index (χ3v) is 17.2. The van der Waals surface area contributed by atoms with E-state index in [0.717, 1.165) is 0 Å². The van der Waals surface area contributed by atoms with Gasteiger partial charge in [0.2, 0.25) is 0 Å². The highest BCUT2D eigenvalue weighted by atomic mass is 32.1. The first-order chi connectivity index (χ1) is 29.0. The van der Waals surface area contributed by atoms with Crippen LogP contribution in [-0.4, -0.2) is 6.71 Å². The fourth-order valence-electron chi connectivity index (χ4n) is 11.5. The summed E-state index contributed by atoms with van der Waals surface area (Å²) in [6.45, 7) is 34.1. The zero-order chi connectivity index (χ0) is 44.1. The highest BCUT2D eigenvalue weighted by Crippen LogP contribution is 2.56. The van der Waals surface area contributed by atoms with Gasteiger partial charge < -0.3 is 9.80 Å². The second-order valence-electron chi connectivity index (χ2n) is 24.0. The maximum absolute atomic E-state index is 2.74. The first-order valence-corrected chi connectivity index (χ1v) is 24.2. The maximum Gasteiger partial charge on any atom is 0.253 e. The van der Waals surface area contributed by atoms with Crippen molar-refractivity contribution in [1.82, 2.24) is 0 Å². The molecule has 10 rings (SSSR count). The molecule has 2 aliphatic heterocycles. The topological polar surface area (TPSA) is 6.48 Å². The minimum absolute atomic E-state index is 0.00432. The molecular formula is C58H67BN2S. The smallest absolute Gasteiger partial charge is 0.253 e. The monoisotopic (exact) mass is 835 g/mol. The first-order valence-electron chi connectivity index (χ1n) is 23.4. The van der Waals surface area contributed by atoms with Crippen LogP contribution >= 0.6 is 11.3 Å². The van der Waals surface area contributed by atoms with Crippen molar-refractivity contribution < 1.29 is 0 Å². The number of fused-ring (bicyclic) bond motifs is 7. The Balaban J connectivity index is 1.37. The second kappa shape index (κ2) is 13.5. The standard InChI is InChI=1S/C58H67BN2S/c1-53(2,3)38-21-18-22-40(33-38)60-45-34-39(54(4,5)6)23-26-44(45)59-49-46(60)31-37(36-19-16-15-17-20-36)32-47(49)61(41-24-25-42-43(35-41)56(9,10)28-27-55(42,7)8)52-50(59)48-51(62-52)58(13,14)30-29-57(48,11)12/h15-26,31-35H,27-30H2,1-14H3. The first kappa shape index (κ1) is 41.5. The summed E-state index contributed by atoms with van der Waals surface area (Å²) in [5.41, 5.74) is 20.9. The van der Waals surface area contributed by atoms with Gasteiger partial charge >= 0.3 is 0 Å². The Morgan fingerprint density at radius 3 is 1.76 bits per heavy atom. The molecule has 0 saturated carbocycles. The van der Waals surface area contributed by atoms with E-state index in [1.54, 1.807) is 10.4 Å². The highest BCUT2D eigenvalue weighted by Gasteiger charge is 2.51. The minimum Gasteiger partial charge on any atom is -0.311 e. The Kier molecular flexibility index (Phi) is 9.03. The minimum atomic E-state index is -0.0117. The van der Waals surface area contributed by atoms with Gasteiger partial charge in [0.1, 0.15) is 0 Å². The molecule has 0 amide bonds. The van der Waals surface area contributed by atoms with Crippen LogP contribution in [0.5, 0.6) is 0 Å². The molecule has 0 spiro atoms. The Hall–Kier alpha value is -4.54. The fraction of sp³-hybridized carbons (Fsp3) is 0.414. The molecular weight excluding hydrogens is 768 g/mol. The zero-order valence-corrected chi connectivity index (χ0v) is 40.8. The van der Waals surface area contributed by atoms with E-state index in [4.69, 9.17) is 0 Å². The van der Waals surface area contributed by atoms with Crippen LogP contribution in [-0.2, 0) is 32.5 Å². The summed E-state index contributed by atoms with van der Waals surface area (Å²) in [4.78, 5) is 6.97. The summed E-state index contributed by atoms with van der Waals surface area (Å²) in [5.74, 6) is 0. The molecule has 3 heterocycles. The van der Waals surface area contributed by atoms with Crippen molar-refractivity contribution in [2.24, 2.45) is 0 Å². The predicted octanol–water partition coefficient (Wildman–Crippen LogP) is 14.8. The molecule has 0 fully saturated rings. The van der Waals surface area contributed by atoms with Crippen molar-refractivity contribution in [3.05, 3.63) is 136 Å². The lowest BCUT2D eigenvalue weighted by molar-refractivity contribution is 0.332. The average molecular weight is 835 g/mol. The molecule has 6 aromatic rings. The number of anilines is 6. The van der Waals surface area contributed by atoms with E-state index in [1.807, 2.05) is 0 Å². The molecule has 0 unspecified atom stereocenters. The van der Waals surface area contributed by atoms with Crippen LogP contribution in [0.4, 0.5) is 33.4 Å². The molecule has 0 N–H and O–H groups in total. The second-order valence-corrected chi connectivity index (χ2v) is 25.0. The van der Waals surface area contributed by atoms with E-state index < -0.39 is 0 Å². The molecule has 62 heavy (non-hydrogen) atoms. The maximum atomic E-state index is 2.74. The summed E-state index contributed by atoms with van der Waals surface area (Å²) in [6, 6.07) is 40.7. The molecule has 4 aliphatic rings. The van der Waals surface area contributed by atoms with Crippen molar-refractivity contribution in [3.63, 3.8) is 0 Å². The Bertz CT molecular complexity index is 2790. The van der Waals surface area contributed by atoms with Crippen LogP contribution in [0.15, 0.2) is 103 Å². The van der Waals surface area contributed by atoms with Crippen molar-refractivity contribution in [2.45, 2.75) is 155 Å². The molecule has 0 radical (unpaired) electrons. The summed E-state index contributed by atoms with van der Waals surface area (Å²) in [5, 5.41) is 1.41. The molecule has 5 aromatic carbocycles. The van der Waals surface area contributed by atoms with Gasteiger partial charge in [-0.15, -0.1) is 11.3 Å². The van der Waals surface area contributed by atoms with Crippen molar-refractivity contribution >= 4 is 67.9 Å². The molecule has 2 nitrogen and oxygen atoms in total. The normalized spacial score (nSPS) is 19.0. The van der Waals surface area contributed by atoms with Gasteiger partial charge in [-0.3, -0.25) is 0 Å². The lowest BCUT2D eigenvalue weighted by atomic mass is 9.32.